The molecule has 0 aliphatic heterocycles. The van der Waals surface area contributed by atoms with E-state index in [1.54, 1.807) is 19.1 Å². The van der Waals surface area contributed by atoms with Crippen LogP contribution in [0.4, 0.5) is 4.39 Å². The predicted octanol–water partition coefficient (Wildman–Crippen LogP) is 2.42. The molecule has 2 rings (SSSR count). The average Bonchev–Trinajstić information content (AvgIpc) is 2.54. The van der Waals surface area contributed by atoms with Crippen molar-refractivity contribution >= 4 is 16.9 Å². The smallest absolute Gasteiger partial charge is 0.352 e. The summed E-state index contributed by atoms with van der Waals surface area (Å²) in [5.41, 5.74) is 0.825. The number of terminal acetylenes is 1. The number of fused-ring (bicyclic) bond motifs is 1. The van der Waals surface area contributed by atoms with Crippen molar-refractivity contribution in [1.29, 1.82) is 0 Å². The van der Waals surface area contributed by atoms with E-state index in [4.69, 9.17) is 11.5 Å². The minimum Gasteiger partial charge on any atom is -0.477 e. The Bertz CT molecular complexity index is 649. The largest absolute Gasteiger partial charge is 0.477 e. The van der Waals surface area contributed by atoms with Gasteiger partial charge in [-0.1, -0.05) is 18.1 Å². The van der Waals surface area contributed by atoms with E-state index in [1.807, 2.05) is 0 Å². The minimum absolute atomic E-state index is 0.0346. The Labute approximate surface area is 97.5 Å². The van der Waals surface area contributed by atoms with E-state index < -0.39 is 11.8 Å². The van der Waals surface area contributed by atoms with Gasteiger partial charge < -0.3 is 9.67 Å². The van der Waals surface area contributed by atoms with Gasteiger partial charge in [0.1, 0.15) is 11.5 Å². The second-order valence-electron chi connectivity index (χ2n) is 3.71. The van der Waals surface area contributed by atoms with E-state index in [0.29, 0.717) is 10.9 Å². The Morgan fingerprint density at radius 1 is 1.59 bits per heavy atom. The predicted molar refractivity (Wildman–Crippen MR) is 62.4 cm³/mol. The van der Waals surface area contributed by atoms with Crippen LogP contribution in [0, 0.1) is 25.1 Å². The lowest BCUT2D eigenvalue weighted by Crippen LogP contribution is -2.09. The molecule has 17 heavy (non-hydrogen) atoms. The van der Waals surface area contributed by atoms with Crippen molar-refractivity contribution in [3.05, 3.63) is 35.3 Å². The van der Waals surface area contributed by atoms with Gasteiger partial charge in [-0.2, -0.15) is 0 Å². The molecule has 0 saturated carbocycles. The summed E-state index contributed by atoms with van der Waals surface area (Å²) < 4.78 is 15.1. The molecule has 0 aliphatic rings. The van der Waals surface area contributed by atoms with E-state index in [9.17, 15) is 9.18 Å². The maximum absolute atomic E-state index is 13.7. The standard InChI is InChI=1S/C13H10FNO2/c1-3-7-15-11(13(16)17)8(2)9-5-4-6-10(14)12(9)15/h1,4-6H,7H2,2H3,(H,16,17). The third-order valence-electron chi connectivity index (χ3n) is 2.74. The zero-order valence-electron chi connectivity index (χ0n) is 9.20. The van der Waals surface area contributed by atoms with Gasteiger partial charge in [0, 0.05) is 5.39 Å². The fourth-order valence-corrected chi connectivity index (χ4v) is 2.06. The molecule has 0 radical (unpaired) electrons. The Balaban J connectivity index is 2.95. The molecular formula is C13H10FNO2. The average molecular weight is 231 g/mol. The highest BCUT2D eigenvalue weighted by Crippen LogP contribution is 2.27. The van der Waals surface area contributed by atoms with Gasteiger partial charge in [-0.15, -0.1) is 6.42 Å². The maximum Gasteiger partial charge on any atom is 0.352 e. The highest BCUT2D eigenvalue weighted by Gasteiger charge is 2.20. The van der Waals surface area contributed by atoms with Crippen LogP contribution < -0.4 is 0 Å². The maximum atomic E-state index is 13.7. The molecule has 2 aromatic rings. The zero-order chi connectivity index (χ0) is 12.6. The highest BCUT2D eigenvalue weighted by molar-refractivity contribution is 5.98. The van der Waals surface area contributed by atoms with Crippen molar-refractivity contribution in [2.75, 3.05) is 0 Å². The van der Waals surface area contributed by atoms with Crippen LogP contribution in [0.5, 0.6) is 0 Å². The van der Waals surface area contributed by atoms with Gasteiger partial charge in [-0.25, -0.2) is 9.18 Å². The number of carboxylic acids is 1. The number of aromatic carboxylic acids is 1. The summed E-state index contributed by atoms with van der Waals surface area (Å²) in [5, 5.41) is 9.73. The van der Waals surface area contributed by atoms with Crippen LogP contribution in [0.2, 0.25) is 0 Å². The quantitative estimate of drug-likeness (QED) is 0.806. The normalized spacial score (nSPS) is 10.4. The third-order valence-corrected chi connectivity index (χ3v) is 2.74. The van der Waals surface area contributed by atoms with Crippen LogP contribution in [0.25, 0.3) is 10.9 Å². The molecule has 0 aliphatic carbocycles. The Kier molecular flexibility index (Phi) is 2.60. The molecule has 1 aromatic heterocycles. The van der Waals surface area contributed by atoms with E-state index >= 15 is 0 Å². The Hall–Kier alpha value is -2.28. The van der Waals surface area contributed by atoms with Crippen molar-refractivity contribution in [2.45, 2.75) is 13.5 Å². The number of benzene rings is 1. The van der Waals surface area contributed by atoms with Gasteiger partial charge >= 0.3 is 5.97 Å². The summed E-state index contributed by atoms with van der Waals surface area (Å²) in [5.74, 6) is 0.777. The van der Waals surface area contributed by atoms with Crippen LogP contribution in [-0.2, 0) is 6.54 Å². The topological polar surface area (TPSA) is 42.2 Å². The first-order valence-corrected chi connectivity index (χ1v) is 5.02. The lowest BCUT2D eigenvalue weighted by molar-refractivity contribution is 0.0685. The van der Waals surface area contributed by atoms with Crippen molar-refractivity contribution in [3.63, 3.8) is 0 Å². The molecule has 86 valence electrons. The van der Waals surface area contributed by atoms with Crippen LogP contribution >= 0.6 is 0 Å². The molecule has 1 aromatic carbocycles. The number of hydrogen-bond donors (Lipinski definition) is 1. The first-order valence-electron chi connectivity index (χ1n) is 5.02. The third kappa shape index (κ3) is 1.56. The first kappa shape index (κ1) is 11.2. The summed E-state index contributed by atoms with van der Waals surface area (Å²) in [6.45, 7) is 1.69. The van der Waals surface area contributed by atoms with E-state index in [-0.39, 0.29) is 17.8 Å². The molecule has 4 heteroatoms. The Morgan fingerprint density at radius 2 is 2.29 bits per heavy atom. The molecule has 0 unspecified atom stereocenters. The van der Waals surface area contributed by atoms with Gasteiger partial charge in [-0.05, 0) is 18.6 Å². The molecule has 0 atom stereocenters. The number of rotatable bonds is 2. The van der Waals surface area contributed by atoms with Gasteiger partial charge in [0.2, 0.25) is 0 Å². The van der Waals surface area contributed by atoms with E-state index in [1.165, 1.54) is 10.6 Å². The number of aryl methyl sites for hydroxylation is 1. The van der Waals surface area contributed by atoms with E-state index in [2.05, 4.69) is 5.92 Å². The van der Waals surface area contributed by atoms with Crippen LogP contribution in [0.3, 0.4) is 0 Å². The fraction of sp³-hybridized carbons (Fsp3) is 0.154. The first-order chi connectivity index (χ1) is 8.07. The molecule has 1 N–H and O–H groups in total. The molecule has 0 spiro atoms. The molecule has 0 bridgehead atoms. The van der Waals surface area contributed by atoms with E-state index in [0.717, 1.165) is 0 Å². The summed E-state index contributed by atoms with van der Waals surface area (Å²) in [6.07, 6.45) is 5.19. The molecular weight excluding hydrogens is 221 g/mol. The van der Waals surface area contributed by atoms with Crippen molar-refractivity contribution in [1.82, 2.24) is 4.57 Å². The highest BCUT2D eigenvalue weighted by atomic mass is 19.1. The van der Waals surface area contributed by atoms with Crippen LogP contribution in [-0.4, -0.2) is 15.6 Å². The van der Waals surface area contributed by atoms with Crippen molar-refractivity contribution in [2.24, 2.45) is 0 Å². The molecule has 0 amide bonds. The van der Waals surface area contributed by atoms with Gasteiger partial charge in [0.25, 0.3) is 0 Å². The number of carbonyl (C=O) groups is 1. The fourth-order valence-electron chi connectivity index (χ4n) is 2.06. The van der Waals surface area contributed by atoms with Gasteiger partial charge in [0.15, 0.2) is 0 Å². The summed E-state index contributed by atoms with van der Waals surface area (Å²) in [6, 6.07) is 4.53. The summed E-state index contributed by atoms with van der Waals surface area (Å²) in [7, 11) is 0. The van der Waals surface area contributed by atoms with Crippen LogP contribution in [0.15, 0.2) is 18.2 Å². The van der Waals surface area contributed by atoms with Gasteiger partial charge in [0.05, 0.1) is 12.1 Å². The van der Waals surface area contributed by atoms with Gasteiger partial charge in [-0.3, -0.25) is 0 Å². The zero-order valence-corrected chi connectivity index (χ0v) is 9.20. The Morgan fingerprint density at radius 3 is 2.88 bits per heavy atom. The molecule has 0 saturated heterocycles. The minimum atomic E-state index is -1.10. The van der Waals surface area contributed by atoms with Crippen LogP contribution in [0.1, 0.15) is 16.1 Å². The SMILES string of the molecule is C#CCn1c(C(=O)O)c(C)c2cccc(F)c21. The van der Waals surface area contributed by atoms with Crippen molar-refractivity contribution < 1.29 is 14.3 Å². The summed E-state index contributed by atoms with van der Waals surface area (Å²) in [4.78, 5) is 11.2. The molecule has 0 fully saturated rings. The summed E-state index contributed by atoms with van der Waals surface area (Å²) >= 11 is 0. The molecule has 3 nitrogen and oxygen atoms in total. The monoisotopic (exact) mass is 231 g/mol. The van der Waals surface area contributed by atoms with Crippen molar-refractivity contribution in [3.8, 4) is 12.3 Å². The number of aromatic nitrogens is 1. The number of hydrogen-bond acceptors (Lipinski definition) is 1. The number of para-hydroxylation sites is 1. The number of halogens is 1. The molecule has 1 heterocycles. The number of nitrogens with zero attached hydrogens (tertiary/aromatic N) is 1. The second-order valence-corrected chi connectivity index (χ2v) is 3.71. The lowest BCUT2D eigenvalue weighted by atomic mass is 10.1. The lowest BCUT2D eigenvalue weighted by Gasteiger charge is -2.04. The second kappa shape index (κ2) is 3.95. The number of carboxylic acid groups (broad SMARTS) is 1.